The van der Waals surface area contributed by atoms with Crippen molar-refractivity contribution in [2.24, 2.45) is 0 Å². The molecule has 0 aromatic carbocycles. The van der Waals surface area contributed by atoms with E-state index < -0.39 is 24.4 Å². The lowest BCUT2D eigenvalue weighted by molar-refractivity contribution is -0.125. The Bertz CT molecular complexity index is 975. The number of hydrogen-bond acceptors (Lipinski definition) is 5. The first-order valence-electron chi connectivity index (χ1n) is 8.07. The number of amides is 1. The monoisotopic (exact) mass is 394 g/mol. The molecular weight excluding hydrogens is 378 g/mol. The molecule has 3 heterocycles. The predicted molar refractivity (Wildman–Crippen MR) is 98.8 cm³/mol. The molecule has 3 aromatic rings. The number of rotatable bonds is 6. The summed E-state index contributed by atoms with van der Waals surface area (Å²) in [6, 6.07) is 3.34. The van der Waals surface area contributed by atoms with Crippen LogP contribution in [0.4, 0.5) is 14.6 Å². The second-order valence-electron chi connectivity index (χ2n) is 6.37. The number of carbonyl (C=O) groups excluding carboxylic acids is 1. The fourth-order valence-corrected chi connectivity index (χ4v) is 2.65. The van der Waals surface area contributed by atoms with E-state index in [1.807, 2.05) is 0 Å². The van der Waals surface area contributed by atoms with Crippen molar-refractivity contribution in [1.29, 1.82) is 0 Å². The minimum atomic E-state index is -2.61. The van der Waals surface area contributed by atoms with Crippen LogP contribution in [-0.2, 0) is 4.79 Å². The molecule has 142 valence electrons. The number of hydrogen-bond donors (Lipinski definition) is 3. The maximum absolute atomic E-state index is 12.3. The number of carbonyl (C=O) groups is 1. The van der Waals surface area contributed by atoms with E-state index in [0.29, 0.717) is 27.9 Å². The number of pyridine rings is 1. The Labute approximate surface area is 158 Å². The minimum Gasteiger partial charge on any atom is -0.356 e. The highest BCUT2D eigenvalue weighted by Gasteiger charge is 2.28. The Morgan fingerprint density at radius 3 is 2.89 bits per heavy atom. The van der Waals surface area contributed by atoms with Gasteiger partial charge in [0.1, 0.15) is 17.0 Å². The van der Waals surface area contributed by atoms with Crippen molar-refractivity contribution >= 4 is 34.4 Å². The summed E-state index contributed by atoms with van der Waals surface area (Å²) in [5.74, 6) is 0.215. The van der Waals surface area contributed by atoms with Crippen LogP contribution in [0.5, 0.6) is 0 Å². The van der Waals surface area contributed by atoms with E-state index in [0.717, 1.165) is 5.39 Å². The minimum absolute atomic E-state index is 0.376. The summed E-state index contributed by atoms with van der Waals surface area (Å²) in [4.78, 5) is 28.0. The van der Waals surface area contributed by atoms with Crippen molar-refractivity contribution in [3.63, 3.8) is 0 Å². The van der Waals surface area contributed by atoms with E-state index in [9.17, 15) is 13.6 Å². The lowest BCUT2D eigenvalue weighted by atomic mass is 10.0. The molecule has 3 aromatic heterocycles. The zero-order valence-electron chi connectivity index (χ0n) is 14.6. The zero-order valence-corrected chi connectivity index (χ0v) is 15.3. The first-order valence-corrected chi connectivity index (χ1v) is 8.45. The molecule has 0 bridgehead atoms. The summed E-state index contributed by atoms with van der Waals surface area (Å²) in [6.45, 7) is 2.44. The molecule has 0 aliphatic rings. The number of H-pyrrole nitrogens is 1. The van der Waals surface area contributed by atoms with Gasteiger partial charge in [-0.2, -0.15) is 0 Å². The SMILES string of the molecule is CC(C)(Nc1ccnc(-c2c[nH]c3ncc(Cl)cc23)n1)C(=O)NCC(F)F. The smallest absolute Gasteiger partial charge is 0.255 e. The standard InChI is InChI=1S/C17H17ClF2N6O/c1-17(2,16(27)24-8-12(19)20)26-13-3-4-21-15(25-13)11-7-23-14-10(11)5-9(18)6-22-14/h3-7,12H,8H2,1-2H3,(H,22,23)(H,24,27)(H,21,25,26). The fourth-order valence-electron chi connectivity index (χ4n) is 2.49. The third-order valence-electron chi connectivity index (χ3n) is 3.82. The third-order valence-corrected chi connectivity index (χ3v) is 4.03. The largest absolute Gasteiger partial charge is 0.356 e. The third kappa shape index (κ3) is 4.30. The molecule has 0 aliphatic carbocycles. The van der Waals surface area contributed by atoms with Gasteiger partial charge in [0, 0.05) is 29.5 Å². The molecule has 0 radical (unpaired) electrons. The van der Waals surface area contributed by atoms with Gasteiger partial charge in [-0.3, -0.25) is 4.79 Å². The van der Waals surface area contributed by atoms with Gasteiger partial charge in [-0.25, -0.2) is 23.7 Å². The van der Waals surface area contributed by atoms with E-state index in [1.54, 1.807) is 32.2 Å². The van der Waals surface area contributed by atoms with Crippen LogP contribution in [-0.4, -0.2) is 44.4 Å². The van der Waals surface area contributed by atoms with Crippen LogP contribution in [0.2, 0.25) is 5.02 Å². The average Bonchev–Trinajstić information content (AvgIpc) is 3.02. The van der Waals surface area contributed by atoms with Crippen molar-refractivity contribution in [3.8, 4) is 11.4 Å². The molecular formula is C17H17ClF2N6O. The van der Waals surface area contributed by atoms with Crippen LogP contribution in [0.15, 0.2) is 30.7 Å². The molecule has 0 atom stereocenters. The normalized spacial score (nSPS) is 11.8. The van der Waals surface area contributed by atoms with Crippen LogP contribution >= 0.6 is 11.6 Å². The van der Waals surface area contributed by atoms with Crippen LogP contribution in [0, 0.1) is 0 Å². The van der Waals surface area contributed by atoms with Crippen molar-refractivity contribution in [3.05, 3.63) is 35.7 Å². The zero-order chi connectivity index (χ0) is 19.6. The topological polar surface area (TPSA) is 95.6 Å². The van der Waals surface area contributed by atoms with Gasteiger partial charge < -0.3 is 15.6 Å². The molecule has 10 heteroatoms. The first-order chi connectivity index (χ1) is 12.8. The highest BCUT2D eigenvalue weighted by Crippen LogP contribution is 2.27. The lowest BCUT2D eigenvalue weighted by Gasteiger charge is -2.25. The number of nitrogens with one attached hydrogen (secondary N) is 3. The molecule has 3 rings (SSSR count). The fraction of sp³-hybridized carbons (Fsp3) is 0.294. The van der Waals surface area contributed by atoms with Gasteiger partial charge in [0.15, 0.2) is 5.82 Å². The van der Waals surface area contributed by atoms with Crippen LogP contribution < -0.4 is 10.6 Å². The summed E-state index contributed by atoms with van der Waals surface area (Å²) < 4.78 is 24.6. The molecule has 0 aliphatic heterocycles. The molecule has 1 amide bonds. The maximum Gasteiger partial charge on any atom is 0.255 e. The van der Waals surface area contributed by atoms with E-state index >= 15 is 0 Å². The summed E-state index contributed by atoms with van der Waals surface area (Å²) in [5.41, 5.74) is 0.192. The second-order valence-corrected chi connectivity index (χ2v) is 6.81. The summed E-state index contributed by atoms with van der Waals surface area (Å²) in [5, 5.41) is 6.37. The van der Waals surface area contributed by atoms with Gasteiger partial charge >= 0.3 is 0 Å². The molecule has 0 saturated carbocycles. The van der Waals surface area contributed by atoms with Crippen molar-refractivity contribution in [1.82, 2.24) is 25.3 Å². The van der Waals surface area contributed by atoms with Gasteiger partial charge in [-0.05, 0) is 26.0 Å². The van der Waals surface area contributed by atoms with Crippen molar-refractivity contribution in [2.75, 3.05) is 11.9 Å². The molecule has 0 spiro atoms. The number of anilines is 1. The van der Waals surface area contributed by atoms with E-state index in [1.165, 1.54) is 12.4 Å². The first kappa shape index (κ1) is 19.0. The number of aromatic amines is 1. The lowest BCUT2D eigenvalue weighted by Crippen LogP contribution is -2.49. The van der Waals surface area contributed by atoms with Crippen LogP contribution in [0.1, 0.15) is 13.8 Å². The quantitative estimate of drug-likeness (QED) is 0.596. The maximum atomic E-state index is 12.3. The summed E-state index contributed by atoms with van der Waals surface area (Å²) in [7, 11) is 0. The van der Waals surface area contributed by atoms with Gasteiger partial charge in [0.2, 0.25) is 5.91 Å². The highest BCUT2D eigenvalue weighted by molar-refractivity contribution is 6.31. The van der Waals surface area contributed by atoms with Gasteiger partial charge in [0.05, 0.1) is 11.6 Å². The molecule has 0 unspecified atom stereocenters. The Morgan fingerprint density at radius 1 is 1.37 bits per heavy atom. The van der Waals surface area contributed by atoms with Crippen LogP contribution in [0.3, 0.4) is 0 Å². The summed E-state index contributed by atoms with van der Waals surface area (Å²) >= 11 is 6.01. The second kappa shape index (κ2) is 7.43. The van der Waals surface area contributed by atoms with E-state index in [4.69, 9.17) is 11.6 Å². The Hall–Kier alpha value is -2.81. The molecule has 0 saturated heterocycles. The van der Waals surface area contributed by atoms with Crippen LogP contribution in [0.25, 0.3) is 22.4 Å². The van der Waals surface area contributed by atoms with Gasteiger partial charge in [0.25, 0.3) is 6.43 Å². The van der Waals surface area contributed by atoms with E-state index in [2.05, 4.69) is 30.6 Å². The highest BCUT2D eigenvalue weighted by atomic mass is 35.5. The van der Waals surface area contributed by atoms with Gasteiger partial charge in [-0.15, -0.1) is 0 Å². The van der Waals surface area contributed by atoms with E-state index in [-0.39, 0.29) is 0 Å². The summed E-state index contributed by atoms with van der Waals surface area (Å²) in [6.07, 6.45) is 2.17. The molecule has 0 fully saturated rings. The number of fused-ring (bicyclic) bond motifs is 1. The van der Waals surface area contributed by atoms with Gasteiger partial charge in [-0.1, -0.05) is 11.6 Å². The molecule has 7 nitrogen and oxygen atoms in total. The number of alkyl halides is 2. The Morgan fingerprint density at radius 2 is 2.15 bits per heavy atom. The predicted octanol–water partition coefficient (Wildman–Crippen LogP) is 3.25. The van der Waals surface area contributed by atoms with Crippen molar-refractivity contribution in [2.45, 2.75) is 25.8 Å². The molecule has 27 heavy (non-hydrogen) atoms. The van der Waals surface area contributed by atoms with Crippen molar-refractivity contribution < 1.29 is 13.6 Å². The number of halogens is 3. The average molecular weight is 395 g/mol. The number of aromatic nitrogens is 4. The molecule has 3 N–H and O–H groups in total. The number of nitrogens with zero attached hydrogens (tertiary/aromatic N) is 3. The Kier molecular flexibility index (Phi) is 5.22. The Balaban J connectivity index is 1.85.